The predicted octanol–water partition coefficient (Wildman–Crippen LogP) is 5.62. The van der Waals surface area contributed by atoms with Crippen molar-refractivity contribution in [2.75, 3.05) is 5.73 Å². The molecule has 2 N–H and O–H groups in total. The van der Waals surface area contributed by atoms with Crippen LogP contribution in [-0.2, 0) is 0 Å². The summed E-state index contributed by atoms with van der Waals surface area (Å²) in [6, 6.07) is 13.3. The molecule has 0 saturated carbocycles. The van der Waals surface area contributed by atoms with Gasteiger partial charge in [0.15, 0.2) is 4.96 Å². The van der Waals surface area contributed by atoms with Crippen LogP contribution in [0.3, 0.4) is 0 Å². The molecule has 2 aromatic carbocycles. The van der Waals surface area contributed by atoms with E-state index >= 15 is 0 Å². The minimum absolute atomic E-state index is 0.541. The lowest BCUT2D eigenvalue weighted by Gasteiger charge is -2.02. The van der Waals surface area contributed by atoms with Crippen LogP contribution in [0.5, 0.6) is 0 Å². The monoisotopic (exact) mass is 359 g/mol. The minimum Gasteiger partial charge on any atom is -0.399 e. The van der Waals surface area contributed by atoms with E-state index < -0.39 is 0 Å². The summed E-state index contributed by atoms with van der Waals surface area (Å²) in [5.74, 6) is 0. The molecule has 0 aliphatic carbocycles. The Balaban J connectivity index is 1.85. The fourth-order valence-corrected chi connectivity index (χ4v) is 3.66. The molecule has 0 saturated heterocycles. The summed E-state index contributed by atoms with van der Waals surface area (Å²) in [4.78, 5) is 5.60. The molecule has 4 aromatic rings. The molecular formula is C17H11Cl2N3S. The van der Waals surface area contributed by atoms with Gasteiger partial charge in [-0.2, -0.15) is 0 Å². The quantitative estimate of drug-likeness (QED) is 0.472. The van der Waals surface area contributed by atoms with Crippen molar-refractivity contribution in [1.82, 2.24) is 9.38 Å². The Morgan fingerprint density at radius 2 is 1.87 bits per heavy atom. The molecule has 0 spiro atoms. The summed E-state index contributed by atoms with van der Waals surface area (Å²) < 4.78 is 2.06. The van der Waals surface area contributed by atoms with E-state index in [1.807, 2.05) is 42.6 Å². The molecule has 0 unspecified atom stereocenters. The lowest BCUT2D eigenvalue weighted by Crippen LogP contribution is -1.85. The van der Waals surface area contributed by atoms with Gasteiger partial charge in [-0.1, -0.05) is 41.4 Å². The van der Waals surface area contributed by atoms with E-state index in [-0.39, 0.29) is 0 Å². The first-order valence-corrected chi connectivity index (χ1v) is 8.53. The van der Waals surface area contributed by atoms with Crippen molar-refractivity contribution in [2.45, 2.75) is 0 Å². The maximum atomic E-state index is 6.13. The maximum Gasteiger partial charge on any atom is 0.194 e. The molecular weight excluding hydrogens is 349 g/mol. The van der Waals surface area contributed by atoms with Crippen LogP contribution in [-0.4, -0.2) is 9.38 Å². The SMILES string of the molecule is Nc1cccc(-c2cn3c(-c4ccc(Cl)c(Cl)c4)csc3n2)c1. The summed E-state index contributed by atoms with van der Waals surface area (Å²) in [6.07, 6.45) is 2.01. The van der Waals surface area contributed by atoms with E-state index in [0.717, 1.165) is 33.2 Å². The molecule has 4 rings (SSSR count). The minimum atomic E-state index is 0.541. The van der Waals surface area contributed by atoms with Crippen LogP contribution in [0.4, 0.5) is 5.69 Å². The molecule has 3 nitrogen and oxygen atoms in total. The Bertz CT molecular complexity index is 1020. The van der Waals surface area contributed by atoms with E-state index in [2.05, 4.69) is 14.8 Å². The van der Waals surface area contributed by atoms with Gasteiger partial charge in [-0.15, -0.1) is 11.3 Å². The Morgan fingerprint density at radius 1 is 1.00 bits per heavy atom. The summed E-state index contributed by atoms with van der Waals surface area (Å²) >= 11 is 13.7. The van der Waals surface area contributed by atoms with Gasteiger partial charge in [-0.3, -0.25) is 4.40 Å². The number of aromatic nitrogens is 2. The second kappa shape index (κ2) is 5.57. The van der Waals surface area contributed by atoms with Crippen molar-refractivity contribution in [3.63, 3.8) is 0 Å². The number of hydrogen-bond acceptors (Lipinski definition) is 3. The maximum absolute atomic E-state index is 6.13. The van der Waals surface area contributed by atoms with Gasteiger partial charge in [0.25, 0.3) is 0 Å². The summed E-state index contributed by atoms with van der Waals surface area (Å²) in [5, 5.41) is 3.15. The second-order valence-electron chi connectivity index (χ2n) is 5.15. The zero-order valence-electron chi connectivity index (χ0n) is 11.8. The van der Waals surface area contributed by atoms with Gasteiger partial charge in [-0.25, -0.2) is 4.98 Å². The van der Waals surface area contributed by atoms with Crippen molar-refractivity contribution in [1.29, 1.82) is 0 Å². The number of halogens is 2. The number of nitrogens with zero attached hydrogens (tertiary/aromatic N) is 2. The molecule has 0 amide bonds. The van der Waals surface area contributed by atoms with Crippen molar-refractivity contribution in [3.8, 4) is 22.5 Å². The molecule has 0 atom stereocenters. The number of rotatable bonds is 2. The molecule has 2 heterocycles. The van der Waals surface area contributed by atoms with Gasteiger partial charge in [0.1, 0.15) is 0 Å². The largest absolute Gasteiger partial charge is 0.399 e. The van der Waals surface area contributed by atoms with E-state index in [1.54, 1.807) is 17.4 Å². The standard InChI is InChI=1S/C17H11Cl2N3S/c18-13-5-4-11(7-14(13)19)16-9-23-17-21-15(8-22(16)17)10-2-1-3-12(20)6-10/h1-9H,20H2. The lowest BCUT2D eigenvalue weighted by atomic mass is 10.1. The van der Waals surface area contributed by atoms with Crippen molar-refractivity contribution < 1.29 is 0 Å². The van der Waals surface area contributed by atoms with E-state index in [9.17, 15) is 0 Å². The number of imidazole rings is 1. The van der Waals surface area contributed by atoms with Gasteiger partial charge in [0.2, 0.25) is 0 Å². The molecule has 0 fully saturated rings. The Hall–Kier alpha value is -2.01. The van der Waals surface area contributed by atoms with Gasteiger partial charge < -0.3 is 5.73 Å². The molecule has 0 aliphatic rings. The van der Waals surface area contributed by atoms with Crippen LogP contribution in [0.25, 0.3) is 27.5 Å². The molecule has 114 valence electrons. The van der Waals surface area contributed by atoms with E-state index in [4.69, 9.17) is 28.9 Å². The highest BCUT2D eigenvalue weighted by atomic mass is 35.5. The predicted molar refractivity (Wildman–Crippen MR) is 98.4 cm³/mol. The van der Waals surface area contributed by atoms with Gasteiger partial charge >= 0.3 is 0 Å². The molecule has 0 aliphatic heterocycles. The van der Waals surface area contributed by atoms with Crippen LogP contribution in [0, 0.1) is 0 Å². The molecule has 0 radical (unpaired) electrons. The highest BCUT2D eigenvalue weighted by molar-refractivity contribution is 7.15. The average Bonchev–Trinajstić information content (AvgIpc) is 3.10. The Labute approximate surface area is 146 Å². The number of anilines is 1. The molecule has 6 heteroatoms. The number of fused-ring (bicyclic) bond motifs is 1. The number of nitrogen functional groups attached to an aromatic ring is 1. The first-order valence-electron chi connectivity index (χ1n) is 6.90. The number of nitrogens with two attached hydrogens (primary N) is 1. The fourth-order valence-electron chi connectivity index (χ4n) is 2.48. The van der Waals surface area contributed by atoms with Crippen LogP contribution >= 0.6 is 34.5 Å². The Morgan fingerprint density at radius 3 is 2.65 bits per heavy atom. The molecule has 0 bridgehead atoms. The van der Waals surface area contributed by atoms with Crippen LogP contribution in [0.15, 0.2) is 54.0 Å². The molecule has 2 aromatic heterocycles. The number of thiazole rings is 1. The topological polar surface area (TPSA) is 43.3 Å². The zero-order valence-corrected chi connectivity index (χ0v) is 14.2. The average molecular weight is 360 g/mol. The van der Waals surface area contributed by atoms with E-state index in [1.165, 1.54) is 0 Å². The van der Waals surface area contributed by atoms with Crippen LogP contribution in [0.2, 0.25) is 10.0 Å². The highest BCUT2D eigenvalue weighted by Gasteiger charge is 2.12. The molecule has 23 heavy (non-hydrogen) atoms. The summed E-state index contributed by atoms with van der Waals surface area (Å²) in [5.41, 5.74) is 10.5. The highest BCUT2D eigenvalue weighted by Crippen LogP contribution is 2.33. The summed E-state index contributed by atoms with van der Waals surface area (Å²) in [6.45, 7) is 0. The van der Waals surface area contributed by atoms with Gasteiger partial charge in [0, 0.05) is 28.4 Å². The lowest BCUT2D eigenvalue weighted by molar-refractivity contribution is 1.24. The van der Waals surface area contributed by atoms with E-state index in [0.29, 0.717) is 10.0 Å². The number of benzene rings is 2. The van der Waals surface area contributed by atoms with Crippen molar-refractivity contribution in [3.05, 3.63) is 64.1 Å². The third-order valence-corrected chi connectivity index (χ3v) is 5.19. The summed E-state index contributed by atoms with van der Waals surface area (Å²) in [7, 11) is 0. The van der Waals surface area contributed by atoms with Crippen LogP contribution in [0.1, 0.15) is 0 Å². The fraction of sp³-hybridized carbons (Fsp3) is 0. The smallest absolute Gasteiger partial charge is 0.194 e. The first kappa shape index (κ1) is 14.6. The normalized spacial score (nSPS) is 11.2. The third kappa shape index (κ3) is 2.59. The number of hydrogen-bond donors (Lipinski definition) is 1. The zero-order chi connectivity index (χ0) is 16.0. The van der Waals surface area contributed by atoms with Gasteiger partial charge in [-0.05, 0) is 24.3 Å². The van der Waals surface area contributed by atoms with Gasteiger partial charge in [0.05, 0.1) is 21.4 Å². The third-order valence-electron chi connectivity index (χ3n) is 3.61. The van der Waals surface area contributed by atoms with Crippen LogP contribution < -0.4 is 5.73 Å². The van der Waals surface area contributed by atoms with Crippen molar-refractivity contribution >= 4 is 45.2 Å². The Kier molecular flexibility index (Phi) is 3.53. The first-order chi connectivity index (χ1) is 11.1. The van der Waals surface area contributed by atoms with Crippen molar-refractivity contribution in [2.24, 2.45) is 0 Å². The second-order valence-corrected chi connectivity index (χ2v) is 6.80.